The van der Waals surface area contributed by atoms with E-state index in [2.05, 4.69) is 48.7 Å². The number of hydrogen-bond acceptors (Lipinski definition) is 7. The van der Waals surface area contributed by atoms with Crippen LogP contribution in [0.4, 0.5) is 11.6 Å². The van der Waals surface area contributed by atoms with Crippen molar-refractivity contribution in [1.82, 2.24) is 29.5 Å². The van der Waals surface area contributed by atoms with E-state index < -0.39 is 0 Å². The summed E-state index contributed by atoms with van der Waals surface area (Å²) in [5.41, 5.74) is 2.75. The lowest BCUT2D eigenvalue weighted by Crippen LogP contribution is -2.59. The van der Waals surface area contributed by atoms with Gasteiger partial charge in [-0.3, -0.25) is 0 Å². The van der Waals surface area contributed by atoms with Crippen LogP contribution in [0.15, 0.2) is 18.7 Å². The van der Waals surface area contributed by atoms with Crippen LogP contribution in [0.2, 0.25) is 0 Å². The van der Waals surface area contributed by atoms with E-state index in [1.165, 1.54) is 0 Å². The molecule has 0 aromatic carbocycles. The summed E-state index contributed by atoms with van der Waals surface area (Å²) in [6.45, 7) is 8.69. The van der Waals surface area contributed by atoms with E-state index in [4.69, 9.17) is 0 Å². The molecule has 0 radical (unpaired) electrons. The Labute approximate surface area is 146 Å². The van der Waals surface area contributed by atoms with Gasteiger partial charge in [-0.25, -0.2) is 24.9 Å². The predicted octanol–water partition coefficient (Wildman–Crippen LogP) is 1.58. The molecule has 0 saturated carbocycles. The molecular formula is C17H22N8. The minimum atomic E-state index is 0.375. The number of aromatic nitrogens is 6. The minimum absolute atomic E-state index is 0.375. The largest absolute Gasteiger partial charge is 0.352 e. The Morgan fingerprint density at radius 1 is 1.16 bits per heavy atom. The molecule has 8 heteroatoms. The number of nitrogens with zero attached hydrogens (tertiary/aromatic N) is 8. The molecule has 3 aromatic heterocycles. The molecule has 1 saturated heterocycles. The second-order valence-electron chi connectivity index (χ2n) is 6.48. The Kier molecular flexibility index (Phi) is 3.74. The van der Waals surface area contributed by atoms with Gasteiger partial charge < -0.3 is 14.4 Å². The van der Waals surface area contributed by atoms with Crippen LogP contribution >= 0.6 is 0 Å². The van der Waals surface area contributed by atoms with E-state index in [-0.39, 0.29) is 0 Å². The molecule has 0 spiro atoms. The fraction of sp³-hybridized carbons (Fsp3) is 0.471. The van der Waals surface area contributed by atoms with Gasteiger partial charge in [-0.15, -0.1) is 0 Å². The van der Waals surface area contributed by atoms with E-state index in [1.54, 1.807) is 6.33 Å². The number of imidazole rings is 1. The average Bonchev–Trinajstić information content (AvgIpc) is 2.95. The molecule has 0 N–H and O–H groups in total. The molecule has 1 fully saturated rings. The van der Waals surface area contributed by atoms with Gasteiger partial charge in [-0.05, 0) is 20.8 Å². The van der Waals surface area contributed by atoms with Gasteiger partial charge in [0.2, 0.25) is 0 Å². The highest BCUT2D eigenvalue weighted by Crippen LogP contribution is 2.27. The molecule has 0 amide bonds. The fourth-order valence-corrected chi connectivity index (χ4v) is 3.28. The molecule has 4 heterocycles. The molecule has 3 aromatic rings. The monoisotopic (exact) mass is 338 g/mol. The summed E-state index contributed by atoms with van der Waals surface area (Å²) in [7, 11) is 2.07. The van der Waals surface area contributed by atoms with Crippen LogP contribution in [0.5, 0.6) is 0 Å². The van der Waals surface area contributed by atoms with Crippen molar-refractivity contribution in [2.24, 2.45) is 0 Å². The Hall–Kier alpha value is -2.77. The summed E-state index contributed by atoms with van der Waals surface area (Å²) < 4.78 is 2.04. The first-order chi connectivity index (χ1) is 12.1. The molecule has 25 heavy (non-hydrogen) atoms. The van der Waals surface area contributed by atoms with Crippen LogP contribution in [0, 0.1) is 13.8 Å². The highest BCUT2D eigenvalue weighted by atomic mass is 15.4. The molecule has 0 aliphatic carbocycles. The van der Waals surface area contributed by atoms with E-state index in [1.807, 2.05) is 30.8 Å². The van der Waals surface area contributed by atoms with Crippen molar-refractivity contribution in [1.29, 1.82) is 0 Å². The zero-order valence-corrected chi connectivity index (χ0v) is 15.0. The molecule has 8 nitrogen and oxygen atoms in total. The van der Waals surface area contributed by atoms with Gasteiger partial charge in [0.1, 0.15) is 18.0 Å². The average molecular weight is 338 g/mol. The molecule has 0 bridgehead atoms. The van der Waals surface area contributed by atoms with Crippen molar-refractivity contribution in [3.05, 3.63) is 30.2 Å². The Morgan fingerprint density at radius 2 is 1.96 bits per heavy atom. The fourth-order valence-electron chi connectivity index (χ4n) is 3.28. The summed E-state index contributed by atoms with van der Waals surface area (Å²) in [6, 6.07) is 2.41. The van der Waals surface area contributed by atoms with Crippen LogP contribution in [0.3, 0.4) is 0 Å². The first kappa shape index (κ1) is 15.7. The number of hydrogen-bond donors (Lipinski definition) is 0. The number of fused-ring (bicyclic) bond motifs is 1. The lowest BCUT2D eigenvalue weighted by Gasteiger charge is -2.45. The van der Waals surface area contributed by atoms with Crippen LogP contribution in [0.25, 0.3) is 11.2 Å². The normalized spacial score (nSPS) is 14.8. The first-order valence-electron chi connectivity index (χ1n) is 8.52. The minimum Gasteiger partial charge on any atom is -0.352 e. The molecular weight excluding hydrogens is 316 g/mol. The molecule has 130 valence electrons. The lowest BCUT2D eigenvalue weighted by atomic mass is 10.1. The standard InChI is InChI=1S/C17H22N8/c1-5-24-10-20-15-16(18-9-19-17(15)24)23(4)13-7-25(8-13)14-6-11(2)21-12(3)22-14/h6,9-10,13H,5,7-8H2,1-4H3. The Morgan fingerprint density at radius 3 is 2.68 bits per heavy atom. The number of likely N-dealkylation sites (N-methyl/N-ethyl adjacent to an activating group) is 1. The van der Waals surface area contributed by atoms with Gasteiger partial charge >= 0.3 is 0 Å². The van der Waals surface area contributed by atoms with Crippen LogP contribution in [-0.4, -0.2) is 55.7 Å². The smallest absolute Gasteiger partial charge is 0.165 e. The van der Waals surface area contributed by atoms with Gasteiger partial charge in [0.05, 0.1) is 12.4 Å². The topological polar surface area (TPSA) is 75.9 Å². The third-order valence-corrected chi connectivity index (χ3v) is 4.74. The quantitative estimate of drug-likeness (QED) is 0.715. The van der Waals surface area contributed by atoms with Crippen LogP contribution in [-0.2, 0) is 6.54 Å². The predicted molar refractivity (Wildman–Crippen MR) is 96.9 cm³/mol. The van der Waals surface area contributed by atoms with Gasteiger partial charge in [-0.1, -0.05) is 0 Å². The maximum atomic E-state index is 4.54. The Bertz CT molecular complexity index is 892. The SMILES string of the molecule is CCn1cnc2c(N(C)C3CN(c4cc(C)nc(C)n4)C3)ncnc21. The second kappa shape index (κ2) is 5.94. The highest BCUT2D eigenvalue weighted by Gasteiger charge is 2.33. The van der Waals surface area contributed by atoms with Gasteiger partial charge in [-0.2, -0.15) is 0 Å². The van der Waals surface area contributed by atoms with Gasteiger partial charge in [0, 0.05) is 38.4 Å². The van der Waals surface area contributed by atoms with Crippen molar-refractivity contribution in [2.75, 3.05) is 29.9 Å². The zero-order valence-electron chi connectivity index (χ0n) is 15.0. The molecule has 4 rings (SSSR count). The Balaban J connectivity index is 1.54. The number of aryl methyl sites for hydroxylation is 3. The van der Waals surface area contributed by atoms with Crippen molar-refractivity contribution < 1.29 is 0 Å². The summed E-state index contributed by atoms with van der Waals surface area (Å²) in [4.78, 5) is 26.7. The third kappa shape index (κ3) is 2.67. The maximum Gasteiger partial charge on any atom is 0.165 e. The maximum absolute atomic E-state index is 4.54. The molecule has 1 aliphatic heterocycles. The van der Waals surface area contributed by atoms with Crippen molar-refractivity contribution in [2.45, 2.75) is 33.4 Å². The van der Waals surface area contributed by atoms with Gasteiger partial charge in [0.25, 0.3) is 0 Å². The van der Waals surface area contributed by atoms with Crippen LogP contribution in [0.1, 0.15) is 18.4 Å². The zero-order chi connectivity index (χ0) is 17.6. The van der Waals surface area contributed by atoms with Crippen LogP contribution < -0.4 is 9.80 Å². The van der Waals surface area contributed by atoms with Crippen molar-refractivity contribution >= 4 is 22.8 Å². The van der Waals surface area contributed by atoms with Gasteiger partial charge in [0.15, 0.2) is 17.0 Å². The van der Waals surface area contributed by atoms with E-state index in [9.17, 15) is 0 Å². The third-order valence-electron chi connectivity index (χ3n) is 4.74. The number of anilines is 2. The van der Waals surface area contributed by atoms with E-state index in [0.717, 1.165) is 54.0 Å². The molecule has 0 unspecified atom stereocenters. The highest BCUT2D eigenvalue weighted by molar-refractivity contribution is 5.83. The summed E-state index contributed by atoms with van der Waals surface area (Å²) in [5, 5.41) is 0. The first-order valence-corrected chi connectivity index (χ1v) is 8.52. The molecule has 0 atom stereocenters. The summed E-state index contributed by atoms with van der Waals surface area (Å²) in [6.07, 6.45) is 3.45. The number of rotatable bonds is 4. The summed E-state index contributed by atoms with van der Waals surface area (Å²) >= 11 is 0. The molecule has 1 aliphatic rings. The second-order valence-corrected chi connectivity index (χ2v) is 6.48. The van der Waals surface area contributed by atoms with E-state index in [0.29, 0.717) is 6.04 Å². The summed E-state index contributed by atoms with van der Waals surface area (Å²) in [5.74, 6) is 2.70. The van der Waals surface area contributed by atoms with E-state index >= 15 is 0 Å². The van der Waals surface area contributed by atoms with Crippen molar-refractivity contribution in [3.63, 3.8) is 0 Å². The van der Waals surface area contributed by atoms with Crippen molar-refractivity contribution in [3.8, 4) is 0 Å². The lowest BCUT2D eigenvalue weighted by molar-refractivity contribution is 0.489.